The predicted octanol–water partition coefficient (Wildman–Crippen LogP) is 5.04. The van der Waals surface area contributed by atoms with Crippen molar-refractivity contribution in [3.63, 3.8) is 0 Å². The van der Waals surface area contributed by atoms with Crippen LogP contribution >= 0.6 is 0 Å². The van der Waals surface area contributed by atoms with Crippen LogP contribution in [-0.4, -0.2) is 24.3 Å². The van der Waals surface area contributed by atoms with Gasteiger partial charge in [0.15, 0.2) is 5.82 Å². The number of halogens is 2. The van der Waals surface area contributed by atoms with Gasteiger partial charge in [0.2, 0.25) is 0 Å². The van der Waals surface area contributed by atoms with Gasteiger partial charge in [0.05, 0.1) is 17.6 Å². The van der Waals surface area contributed by atoms with Crippen LogP contribution in [0.25, 0.3) is 0 Å². The highest BCUT2D eigenvalue weighted by atomic mass is 19.1. The lowest BCUT2D eigenvalue weighted by atomic mass is 9.82. The molecule has 26 heavy (non-hydrogen) atoms. The van der Waals surface area contributed by atoms with Gasteiger partial charge in [0.1, 0.15) is 11.6 Å². The molecule has 1 aliphatic rings. The Morgan fingerprint density at radius 1 is 1.23 bits per heavy atom. The molecule has 0 unspecified atom stereocenters. The molecule has 6 heteroatoms. The van der Waals surface area contributed by atoms with Crippen molar-refractivity contribution in [3.05, 3.63) is 47.2 Å². The maximum Gasteiger partial charge on any atom is 0.153 e. The average molecular weight is 358 g/mol. The van der Waals surface area contributed by atoms with Gasteiger partial charge in [-0.15, -0.1) is 0 Å². The van der Waals surface area contributed by atoms with Crippen molar-refractivity contribution in [1.82, 2.24) is 4.98 Å². The zero-order valence-electron chi connectivity index (χ0n) is 15.4. The van der Waals surface area contributed by atoms with Gasteiger partial charge >= 0.3 is 0 Å². The van der Waals surface area contributed by atoms with Gasteiger partial charge in [-0.1, -0.05) is 13.8 Å². The molecule has 1 aromatic heterocycles. The lowest BCUT2D eigenvalue weighted by Crippen LogP contribution is -2.37. The van der Waals surface area contributed by atoms with E-state index in [1.54, 1.807) is 12.3 Å². The zero-order chi connectivity index (χ0) is 18.9. The fourth-order valence-electron chi connectivity index (χ4n) is 3.12. The first kappa shape index (κ1) is 18.3. The highest BCUT2D eigenvalue weighted by Gasteiger charge is 2.25. The molecule has 1 fully saturated rings. The number of pyridine rings is 1. The van der Waals surface area contributed by atoms with Crippen LogP contribution in [0.3, 0.4) is 0 Å². The van der Waals surface area contributed by atoms with Gasteiger partial charge in [-0.2, -0.15) is 0 Å². The van der Waals surface area contributed by atoms with Crippen LogP contribution < -0.4 is 10.2 Å². The van der Waals surface area contributed by atoms with E-state index in [0.717, 1.165) is 43.9 Å². The second-order valence-corrected chi connectivity index (χ2v) is 7.58. The summed E-state index contributed by atoms with van der Waals surface area (Å²) in [6, 6.07) is 4.88. The van der Waals surface area contributed by atoms with Gasteiger partial charge < -0.3 is 15.6 Å². The van der Waals surface area contributed by atoms with E-state index in [1.807, 2.05) is 6.07 Å². The van der Waals surface area contributed by atoms with Gasteiger partial charge in [-0.25, -0.2) is 13.8 Å². The number of nitrogens with one attached hydrogen (secondary N) is 2. The Hall–Kier alpha value is -2.50. The van der Waals surface area contributed by atoms with E-state index in [-0.39, 0.29) is 16.8 Å². The monoisotopic (exact) mass is 358 g/mol. The number of hydrogen-bond donors (Lipinski definition) is 2. The van der Waals surface area contributed by atoms with Gasteiger partial charge in [-0.05, 0) is 43.4 Å². The molecule has 3 rings (SSSR count). The fourth-order valence-corrected chi connectivity index (χ4v) is 3.12. The molecular formula is C20H24F2N4. The summed E-state index contributed by atoms with van der Waals surface area (Å²) in [5.74, 6) is -0.908. The van der Waals surface area contributed by atoms with Crippen molar-refractivity contribution in [2.75, 3.05) is 23.3 Å². The Balaban J connectivity index is 1.78. The Morgan fingerprint density at radius 3 is 2.50 bits per heavy atom. The van der Waals surface area contributed by atoms with Crippen LogP contribution in [0.15, 0.2) is 24.4 Å². The number of benzene rings is 1. The van der Waals surface area contributed by atoms with Crippen molar-refractivity contribution in [3.8, 4) is 0 Å². The first-order valence-corrected chi connectivity index (χ1v) is 8.78. The molecule has 2 heterocycles. The van der Waals surface area contributed by atoms with Gasteiger partial charge in [0.25, 0.3) is 0 Å². The van der Waals surface area contributed by atoms with Crippen LogP contribution in [0.5, 0.6) is 0 Å². The molecule has 1 aromatic carbocycles. The molecule has 0 bridgehead atoms. The second-order valence-electron chi connectivity index (χ2n) is 7.58. The zero-order valence-corrected chi connectivity index (χ0v) is 15.4. The molecule has 0 spiro atoms. The van der Waals surface area contributed by atoms with Crippen LogP contribution in [0, 0.1) is 29.4 Å². The predicted molar refractivity (Wildman–Crippen MR) is 102 cm³/mol. The molecule has 1 aliphatic heterocycles. The first-order valence-electron chi connectivity index (χ1n) is 8.78. The molecule has 0 amide bonds. The number of aromatic nitrogens is 1. The fraction of sp³-hybridized carbons (Fsp3) is 0.400. The summed E-state index contributed by atoms with van der Waals surface area (Å²) in [4.78, 5) is 6.67. The van der Waals surface area contributed by atoms with E-state index in [0.29, 0.717) is 11.2 Å². The Kier molecular flexibility index (Phi) is 4.94. The highest BCUT2D eigenvalue weighted by molar-refractivity contribution is 5.87. The minimum absolute atomic E-state index is 0.0684. The SMILES string of the molecule is Cc1c(F)cc(C=N)c(Nc2ccc(N3CCC(C)(C)CC3)cn2)c1F. The summed E-state index contributed by atoms with van der Waals surface area (Å²) in [6.07, 6.45) is 4.96. The minimum Gasteiger partial charge on any atom is -0.370 e. The third-order valence-electron chi connectivity index (χ3n) is 5.12. The summed E-state index contributed by atoms with van der Waals surface area (Å²) >= 11 is 0. The van der Waals surface area contributed by atoms with Crippen molar-refractivity contribution < 1.29 is 8.78 Å². The minimum atomic E-state index is -0.701. The van der Waals surface area contributed by atoms with Crippen molar-refractivity contribution >= 4 is 23.4 Å². The molecule has 0 aliphatic carbocycles. The Bertz CT molecular complexity index is 806. The molecule has 138 valence electrons. The molecule has 4 nitrogen and oxygen atoms in total. The summed E-state index contributed by atoms with van der Waals surface area (Å²) in [5, 5.41) is 10.3. The highest BCUT2D eigenvalue weighted by Crippen LogP contribution is 2.32. The standard InChI is InChI=1S/C20H24F2N4/c1-13-16(21)10-14(11-23)19(18(13)22)25-17-5-4-15(12-24-17)26-8-6-20(2,3)7-9-26/h4-5,10-12,23H,6-9H2,1-3H3,(H,24,25). The molecule has 2 aromatic rings. The maximum absolute atomic E-state index is 14.4. The molecule has 0 saturated carbocycles. The van der Waals surface area contributed by atoms with Gasteiger partial charge in [0, 0.05) is 30.4 Å². The van der Waals surface area contributed by atoms with E-state index in [1.165, 1.54) is 6.92 Å². The molecule has 2 N–H and O–H groups in total. The molecule has 0 atom stereocenters. The summed E-state index contributed by atoms with van der Waals surface area (Å²) in [7, 11) is 0. The summed E-state index contributed by atoms with van der Waals surface area (Å²) < 4.78 is 28.1. The quantitative estimate of drug-likeness (QED) is 0.753. The van der Waals surface area contributed by atoms with E-state index in [2.05, 4.69) is 29.0 Å². The topological polar surface area (TPSA) is 52.0 Å². The number of anilines is 3. The van der Waals surface area contributed by atoms with Crippen molar-refractivity contribution in [1.29, 1.82) is 5.41 Å². The maximum atomic E-state index is 14.4. The van der Waals surface area contributed by atoms with E-state index < -0.39 is 11.6 Å². The lowest BCUT2D eigenvalue weighted by Gasteiger charge is -2.38. The third-order valence-corrected chi connectivity index (χ3v) is 5.12. The van der Waals surface area contributed by atoms with E-state index in [9.17, 15) is 8.78 Å². The number of nitrogens with zero attached hydrogens (tertiary/aromatic N) is 2. The average Bonchev–Trinajstić information content (AvgIpc) is 2.62. The van der Waals surface area contributed by atoms with Gasteiger partial charge in [-0.3, -0.25) is 0 Å². The molecule has 1 saturated heterocycles. The Labute approximate surface area is 152 Å². The molecule has 0 radical (unpaired) electrons. The lowest BCUT2D eigenvalue weighted by molar-refractivity contribution is 0.280. The third kappa shape index (κ3) is 3.69. The molecular weight excluding hydrogens is 334 g/mol. The normalized spacial score (nSPS) is 16.4. The summed E-state index contributed by atoms with van der Waals surface area (Å²) in [6.45, 7) is 7.93. The summed E-state index contributed by atoms with van der Waals surface area (Å²) in [5.41, 5.74) is 1.56. The van der Waals surface area contributed by atoms with Crippen molar-refractivity contribution in [2.45, 2.75) is 33.6 Å². The van der Waals surface area contributed by atoms with Crippen LogP contribution in [0.2, 0.25) is 0 Å². The Morgan fingerprint density at radius 2 is 1.92 bits per heavy atom. The number of piperidine rings is 1. The van der Waals surface area contributed by atoms with E-state index in [4.69, 9.17) is 5.41 Å². The second kappa shape index (κ2) is 7.02. The number of hydrogen-bond acceptors (Lipinski definition) is 4. The van der Waals surface area contributed by atoms with E-state index >= 15 is 0 Å². The first-order chi connectivity index (χ1) is 12.3. The van der Waals surface area contributed by atoms with Crippen LogP contribution in [0.1, 0.15) is 37.8 Å². The smallest absolute Gasteiger partial charge is 0.153 e. The van der Waals surface area contributed by atoms with Crippen molar-refractivity contribution in [2.24, 2.45) is 5.41 Å². The van der Waals surface area contributed by atoms with Crippen LogP contribution in [-0.2, 0) is 0 Å². The largest absolute Gasteiger partial charge is 0.370 e. The number of rotatable bonds is 4. The van der Waals surface area contributed by atoms with Crippen LogP contribution in [0.4, 0.5) is 26.0 Å².